The number of aromatic carboxylic acids is 1. The van der Waals surface area contributed by atoms with Crippen LogP contribution in [0.4, 0.5) is 0 Å². The van der Waals surface area contributed by atoms with Crippen LogP contribution >= 0.6 is 12.4 Å². The molecule has 2 amide bonds. The molecule has 2 aromatic carbocycles. The Balaban J connectivity index is 0.00000405. The molecular weight excluding hydrogens is 554 g/mol. The van der Waals surface area contributed by atoms with Gasteiger partial charge in [0, 0.05) is 32.6 Å². The molecule has 3 fully saturated rings. The van der Waals surface area contributed by atoms with Gasteiger partial charge in [0.05, 0.1) is 11.2 Å². The molecule has 0 bridgehead atoms. The highest BCUT2D eigenvalue weighted by atomic mass is 35.5. The number of carbonyl (C=O) groups is 3. The second-order valence-corrected chi connectivity index (χ2v) is 12.2. The SMILES string of the molecule is CCCCN1C(=O)[C@@H](CC2(O)CCCCC2)NC(=O)C12CCN(Cc1cccc(-c3ccc(C(=O)O)cc3)c1)CC2.Cl. The molecule has 1 saturated carbocycles. The molecule has 0 aromatic heterocycles. The first-order valence-corrected chi connectivity index (χ1v) is 15.2. The topological polar surface area (TPSA) is 110 Å². The van der Waals surface area contributed by atoms with Crippen LogP contribution in [-0.2, 0) is 16.1 Å². The van der Waals surface area contributed by atoms with Crippen LogP contribution in [0.15, 0.2) is 48.5 Å². The molecule has 2 aliphatic heterocycles. The van der Waals surface area contributed by atoms with E-state index in [1.807, 2.05) is 29.2 Å². The van der Waals surface area contributed by atoms with Gasteiger partial charge in [-0.3, -0.25) is 14.5 Å². The van der Waals surface area contributed by atoms with Gasteiger partial charge in [-0.15, -0.1) is 12.4 Å². The lowest BCUT2D eigenvalue weighted by Crippen LogP contribution is -2.73. The number of hydrogen-bond donors (Lipinski definition) is 3. The van der Waals surface area contributed by atoms with Crippen LogP contribution in [-0.4, -0.2) is 74.6 Å². The van der Waals surface area contributed by atoms with E-state index in [1.54, 1.807) is 12.1 Å². The van der Waals surface area contributed by atoms with E-state index in [2.05, 4.69) is 29.3 Å². The summed E-state index contributed by atoms with van der Waals surface area (Å²) in [6, 6.07) is 14.5. The number of carboxylic acids is 1. The molecule has 1 atom stereocenters. The van der Waals surface area contributed by atoms with Gasteiger partial charge in [0.25, 0.3) is 0 Å². The summed E-state index contributed by atoms with van der Waals surface area (Å²) in [4.78, 5) is 43.0. The number of piperidine rings is 1. The molecule has 2 saturated heterocycles. The molecule has 1 spiro atoms. The highest BCUT2D eigenvalue weighted by molar-refractivity contribution is 6.00. The maximum atomic E-state index is 13.8. The van der Waals surface area contributed by atoms with E-state index in [1.165, 1.54) is 0 Å². The third-order valence-electron chi connectivity index (χ3n) is 9.39. The van der Waals surface area contributed by atoms with E-state index in [0.29, 0.717) is 51.7 Å². The fraction of sp³-hybridized carbons (Fsp3) is 0.545. The summed E-state index contributed by atoms with van der Waals surface area (Å²) < 4.78 is 0. The van der Waals surface area contributed by atoms with Crippen LogP contribution in [0.1, 0.15) is 87.1 Å². The van der Waals surface area contributed by atoms with Crippen LogP contribution in [0.3, 0.4) is 0 Å². The number of rotatable bonds is 9. The molecular formula is C33H44ClN3O5. The molecule has 3 N–H and O–H groups in total. The second kappa shape index (κ2) is 13.6. The van der Waals surface area contributed by atoms with Gasteiger partial charge >= 0.3 is 5.97 Å². The fourth-order valence-electron chi connectivity index (χ4n) is 6.94. The summed E-state index contributed by atoms with van der Waals surface area (Å²) in [5.41, 5.74) is 1.70. The monoisotopic (exact) mass is 597 g/mol. The van der Waals surface area contributed by atoms with Crippen LogP contribution in [0.5, 0.6) is 0 Å². The van der Waals surface area contributed by atoms with Gasteiger partial charge in [0.15, 0.2) is 0 Å². The molecule has 2 aromatic rings. The van der Waals surface area contributed by atoms with Crippen molar-refractivity contribution in [2.45, 2.75) is 94.9 Å². The van der Waals surface area contributed by atoms with E-state index in [4.69, 9.17) is 0 Å². The van der Waals surface area contributed by atoms with Crippen molar-refractivity contribution in [3.63, 3.8) is 0 Å². The summed E-state index contributed by atoms with van der Waals surface area (Å²) >= 11 is 0. The number of carboxylic acid groups (broad SMARTS) is 1. The average molecular weight is 598 g/mol. The fourth-order valence-corrected chi connectivity index (χ4v) is 6.94. The number of likely N-dealkylation sites (tertiary alicyclic amines) is 1. The summed E-state index contributed by atoms with van der Waals surface area (Å²) in [6.07, 6.45) is 7.68. The van der Waals surface area contributed by atoms with Gasteiger partial charge in [0.2, 0.25) is 11.8 Å². The molecule has 3 aliphatic rings. The summed E-state index contributed by atoms with van der Waals surface area (Å²) in [6.45, 7) is 4.81. The Labute approximate surface area is 254 Å². The van der Waals surface area contributed by atoms with E-state index < -0.39 is 23.2 Å². The number of piperazine rings is 1. The number of amides is 2. The first kappa shape index (κ1) is 32.0. The Morgan fingerprint density at radius 2 is 1.67 bits per heavy atom. The minimum atomic E-state index is -0.938. The zero-order valence-corrected chi connectivity index (χ0v) is 25.3. The first-order valence-electron chi connectivity index (χ1n) is 15.2. The Hall–Kier alpha value is -2.94. The Morgan fingerprint density at radius 3 is 2.31 bits per heavy atom. The van der Waals surface area contributed by atoms with E-state index >= 15 is 0 Å². The van der Waals surface area contributed by atoms with Gasteiger partial charge in [-0.1, -0.05) is 62.9 Å². The van der Waals surface area contributed by atoms with Crippen LogP contribution < -0.4 is 5.32 Å². The third kappa shape index (κ3) is 6.82. The molecule has 1 aliphatic carbocycles. The lowest BCUT2D eigenvalue weighted by Gasteiger charge is -2.52. The number of benzene rings is 2. The number of nitrogens with one attached hydrogen (secondary N) is 1. The van der Waals surface area contributed by atoms with Crippen molar-refractivity contribution < 1.29 is 24.6 Å². The van der Waals surface area contributed by atoms with Crippen molar-refractivity contribution in [1.82, 2.24) is 15.1 Å². The first-order chi connectivity index (χ1) is 19.7. The normalized spacial score (nSPS) is 22.0. The molecule has 8 nitrogen and oxygen atoms in total. The lowest BCUT2D eigenvalue weighted by molar-refractivity contribution is -0.163. The molecule has 42 heavy (non-hydrogen) atoms. The van der Waals surface area contributed by atoms with Crippen molar-refractivity contribution >= 4 is 30.2 Å². The van der Waals surface area contributed by atoms with E-state index in [-0.39, 0.29) is 29.8 Å². The number of halogens is 1. The minimum absolute atomic E-state index is 0. The Morgan fingerprint density at radius 1 is 0.976 bits per heavy atom. The van der Waals surface area contributed by atoms with E-state index in [0.717, 1.165) is 55.3 Å². The number of hydrogen-bond acceptors (Lipinski definition) is 5. The zero-order chi connectivity index (χ0) is 29.0. The van der Waals surface area contributed by atoms with Crippen LogP contribution in [0.25, 0.3) is 11.1 Å². The number of carbonyl (C=O) groups excluding carboxylic acids is 2. The molecule has 0 unspecified atom stereocenters. The number of unbranched alkanes of at least 4 members (excludes halogenated alkanes) is 1. The predicted molar refractivity (Wildman–Crippen MR) is 165 cm³/mol. The molecule has 2 heterocycles. The third-order valence-corrected chi connectivity index (χ3v) is 9.39. The zero-order valence-electron chi connectivity index (χ0n) is 24.5. The molecule has 5 rings (SSSR count). The van der Waals surface area contributed by atoms with Gasteiger partial charge < -0.3 is 20.4 Å². The standard InChI is InChI=1S/C33H43N3O5.ClH/c1-2-3-18-36-29(37)28(22-32(41)14-5-4-6-15-32)34-31(40)33(36)16-19-35(20-17-33)23-24-8-7-9-27(21-24)25-10-12-26(13-11-25)30(38)39;/h7-13,21,28,41H,2-6,14-20,22-23H2,1H3,(H,34,40)(H,38,39);1H/t28-;/m1./s1. The summed E-state index contributed by atoms with van der Waals surface area (Å²) in [5.74, 6) is -1.04. The van der Waals surface area contributed by atoms with Gasteiger partial charge in [0.1, 0.15) is 11.6 Å². The van der Waals surface area contributed by atoms with Crippen LogP contribution in [0, 0.1) is 0 Å². The summed E-state index contributed by atoms with van der Waals surface area (Å²) in [5, 5.41) is 23.4. The maximum absolute atomic E-state index is 13.8. The van der Waals surface area contributed by atoms with Crippen molar-refractivity contribution in [2.75, 3.05) is 19.6 Å². The quantitative estimate of drug-likeness (QED) is 0.374. The van der Waals surface area contributed by atoms with Crippen molar-refractivity contribution in [3.05, 3.63) is 59.7 Å². The largest absolute Gasteiger partial charge is 0.478 e. The highest BCUT2D eigenvalue weighted by Crippen LogP contribution is 2.37. The van der Waals surface area contributed by atoms with Crippen molar-refractivity contribution in [1.29, 1.82) is 0 Å². The Bertz CT molecular complexity index is 1250. The minimum Gasteiger partial charge on any atom is -0.478 e. The lowest BCUT2D eigenvalue weighted by atomic mass is 9.77. The van der Waals surface area contributed by atoms with Crippen LogP contribution in [0.2, 0.25) is 0 Å². The predicted octanol–water partition coefficient (Wildman–Crippen LogP) is 5.02. The highest BCUT2D eigenvalue weighted by Gasteiger charge is 2.54. The molecule has 9 heteroatoms. The number of nitrogens with zero attached hydrogens (tertiary/aromatic N) is 2. The molecule has 0 radical (unpaired) electrons. The van der Waals surface area contributed by atoms with Gasteiger partial charge in [-0.2, -0.15) is 0 Å². The van der Waals surface area contributed by atoms with E-state index in [9.17, 15) is 24.6 Å². The maximum Gasteiger partial charge on any atom is 0.335 e. The van der Waals surface area contributed by atoms with Gasteiger partial charge in [-0.05, 0) is 67.0 Å². The Kier molecular flexibility index (Phi) is 10.3. The number of aliphatic hydroxyl groups is 1. The molecule has 228 valence electrons. The van der Waals surface area contributed by atoms with Crippen molar-refractivity contribution in [3.8, 4) is 11.1 Å². The van der Waals surface area contributed by atoms with Crippen molar-refractivity contribution in [2.24, 2.45) is 0 Å². The summed E-state index contributed by atoms with van der Waals surface area (Å²) in [7, 11) is 0. The van der Waals surface area contributed by atoms with Gasteiger partial charge in [-0.25, -0.2) is 4.79 Å². The second-order valence-electron chi connectivity index (χ2n) is 12.2. The smallest absolute Gasteiger partial charge is 0.335 e. The average Bonchev–Trinajstić information content (AvgIpc) is 2.97.